The summed E-state index contributed by atoms with van der Waals surface area (Å²) in [5.74, 6) is 1.04. The van der Waals surface area contributed by atoms with E-state index in [0.29, 0.717) is 0 Å². The quantitative estimate of drug-likeness (QED) is 0.233. The smallest absolute Gasteiger partial charge is 0.123 e. The summed E-state index contributed by atoms with van der Waals surface area (Å²) in [7, 11) is 1.77. The van der Waals surface area contributed by atoms with Gasteiger partial charge in [-0.2, -0.15) is 0 Å². The number of ether oxygens (including phenoxy) is 1. The summed E-state index contributed by atoms with van der Waals surface area (Å²) < 4.78 is 6.03. The van der Waals surface area contributed by atoms with Crippen LogP contribution in [-0.2, 0) is 0 Å². The predicted octanol–water partition coefficient (Wildman–Crippen LogP) is 8.06. The molecule has 5 aromatic rings. The van der Waals surface area contributed by atoms with Gasteiger partial charge in [-0.15, -0.1) is 0 Å². The predicted molar refractivity (Wildman–Crippen MR) is 141 cm³/mol. The lowest BCUT2D eigenvalue weighted by Crippen LogP contribution is -2.13. The molecular formula is C33H28O. The topological polar surface area (TPSA) is 9.23 Å². The normalized spacial score (nSPS) is 11.0. The SMILES string of the molecule is COc1cccc(C(c2ccccc2)c2ccccc2)c1C(c1ccccc1)c1ccccc1. The number of methoxy groups -OCH3 is 1. The third-order valence-corrected chi connectivity index (χ3v) is 6.45. The molecule has 0 heterocycles. The Kier molecular flexibility index (Phi) is 6.54. The van der Waals surface area contributed by atoms with Gasteiger partial charge >= 0.3 is 0 Å². The molecular weight excluding hydrogens is 412 g/mol. The number of benzene rings is 5. The molecule has 1 nitrogen and oxygen atoms in total. The molecule has 0 aliphatic heterocycles. The maximum Gasteiger partial charge on any atom is 0.123 e. The molecule has 0 atom stereocenters. The monoisotopic (exact) mass is 440 g/mol. The third-order valence-electron chi connectivity index (χ3n) is 6.45. The summed E-state index contributed by atoms with van der Waals surface area (Å²) in [6.07, 6.45) is 0. The molecule has 0 amide bonds. The van der Waals surface area contributed by atoms with Crippen molar-refractivity contribution in [3.05, 3.63) is 173 Å². The molecule has 0 bridgehead atoms. The molecule has 0 spiro atoms. The summed E-state index contributed by atoms with van der Waals surface area (Å²) in [6, 6.07) is 49.5. The first-order valence-corrected chi connectivity index (χ1v) is 11.7. The molecule has 0 saturated carbocycles. The Hall–Kier alpha value is -4.10. The van der Waals surface area contributed by atoms with Crippen molar-refractivity contribution in [1.82, 2.24) is 0 Å². The van der Waals surface area contributed by atoms with Gasteiger partial charge in [-0.25, -0.2) is 0 Å². The van der Waals surface area contributed by atoms with Crippen molar-refractivity contribution in [3.63, 3.8) is 0 Å². The van der Waals surface area contributed by atoms with E-state index in [9.17, 15) is 0 Å². The van der Waals surface area contributed by atoms with E-state index in [1.54, 1.807) is 7.11 Å². The third kappa shape index (κ3) is 4.38. The van der Waals surface area contributed by atoms with Crippen molar-refractivity contribution in [3.8, 4) is 5.75 Å². The Labute approximate surface area is 202 Å². The van der Waals surface area contributed by atoms with Crippen LogP contribution in [0.4, 0.5) is 0 Å². The van der Waals surface area contributed by atoms with Crippen LogP contribution in [0.15, 0.2) is 140 Å². The molecule has 5 rings (SSSR count). The highest BCUT2D eigenvalue weighted by molar-refractivity contribution is 5.57. The summed E-state index contributed by atoms with van der Waals surface area (Å²) >= 11 is 0. The molecule has 0 N–H and O–H groups in total. The minimum Gasteiger partial charge on any atom is -0.496 e. The zero-order chi connectivity index (χ0) is 23.2. The van der Waals surface area contributed by atoms with Gasteiger partial charge in [-0.05, 0) is 33.9 Å². The number of rotatable bonds is 7. The summed E-state index contributed by atoms with van der Waals surface area (Å²) in [5.41, 5.74) is 7.50. The van der Waals surface area contributed by atoms with Gasteiger partial charge in [0.25, 0.3) is 0 Å². The first-order chi connectivity index (χ1) is 16.9. The Morgan fingerprint density at radius 1 is 0.412 bits per heavy atom. The van der Waals surface area contributed by atoms with Crippen LogP contribution in [0.2, 0.25) is 0 Å². The van der Waals surface area contributed by atoms with E-state index in [1.807, 2.05) is 0 Å². The van der Waals surface area contributed by atoms with Crippen molar-refractivity contribution >= 4 is 0 Å². The minimum absolute atomic E-state index is 0.0449. The molecule has 0 aliphatic carbocycles. The second-order valence-corrected chi connectivity index (χ2v) is 8.47. The Balaban J connectivity index is 1.81. The second-order valence-electron chi connectivity index (χ2n) is 8.47. The van der Waals surface area contributed by atoms with E-state index in [1.165, 1.54) is 33.4 Å². The highest BCUT2D eigenvalue weighted by Crippen LogP contribution is 2.44. The van der Waals surface area contributed by atoms with Gasteiger partial charge in [0.2, 0.25) is 0 Å². The van der Waals surface area contributed by atoms with E-state index >= 15 is 0 Å². The van der Waals surface area contributed by atoms with Gasteiger partial charge in [0.05, 0.1) is 7.11 Å². The van der Waals surface area contributed by atoms with Gasteiger partial charge in [0.1, 0.15) is 5.75 Å². The molecule has 5 aromatic carbocycles. The highest BCUT2D eigenvalue weighted by Gasteiger charge is 2.28. The maximum atomic E-state index is 6.03. The number of hydrogen-bond donors (Lipinski definition) is 0. The lowest BCUT2D eigenvalue weighted by atomic mass is 9.76. The fourth-order valence-corrected chi connectivity index (χ4v) is 4.96. The molecule has 166 valence electrons. The molecule has 0 fully saturated rings. The molecule has 1 heteroatoms. The van der Waals surface area contributed by atoms with E-state index in [-0.39, 0.29) is 11.8 Å². The Morgan fingerprint density at radius 2 is 0.794 bits per heavy atom. The average molecular weight is 441 g/mol. The fraction of sp³-hybridized carbons (Fsp3) is 0.0909. The van der Waals surface area contributed by atoms with Crippen LogP contribution in [0.25, 0.3) is 0 Å². The summed E-state index contributed by atoms with van der Waals surface area (Å²) in [6.45, 7) is 0. The van der Waals surface area contributed by atoms with Crippen LogP contribution in [0.5, 0.6) is 5.75 Å². The van der Waals surface area contributed by atoms with E-state index in [0.717, 1.165) is 5.75 Å². The fourth-order valence-electron chi connectivity index (χ4n) is 4.96. The highest BCUT2D eigenvalue weighted by atomic mass is 16.5. The Bertz CT molecular complexity index is 1230. The molecule has 0 saturated heterocycles. The first kappa shape index (κ1) is 21.7. The maximum absolute atomic E-state index is 6.03. The summed E-state index contributed by atoms with van der Waals surface area (Å²) in [5, 5.41) is 0. The van der Waals surface area contributed by atoms with Gasteiger partial charge in [-0.1, -0.05) is 133 Å². The van der Waals surface area contributed by atoms with Crippen LogP contribution in [0.1, 0.15) is 45.2 Å². The Morgan fingerprint density at radius 3 is 1.18 bits per heavy atom. The molecule has 0 radical (unpaired) electrons. The van der Waals surface area contributed by atoms with Crippen molar-refractivity contribution in [2.45, 2.75) is 11.8 Å². The first-order valence-electron chi connectivity index (χ1n) is 11.7. The second kappa shape index (κ2) is 10.2. The van der Waals surface area contributed by atoms with E-state index < -0.39 is 0 Å². The van der Waals surface area contributed by atoms with Crippen LogP contribution in [0, 0.1) is 0 Å². The van der Waals surface area contributed by atoms with Crippen molar-refractivity contribution in [1.29, 1.82) is 0 Å². The van der Waals surface area contributed by atoms with Gasteiger partial charge in [0.15, 0.2) is 0 Å². The van der Waals surface area contributed by atoms with Gasteiger partial charge < -0.3 is 4.74 Å². The lowest BCUT2D eigenvalue weighted by Gasteiger charge is -2.28. The van der Waals surface area contributed by atoms with Crippen LogP contribution in [-0.4, -0.2) is 7.11 Å². The zero-order valence-corrected chi connectivity index (χ0v) is 19.3. The molecule has 0 aliphatic rings. The standard InChI is InChI=1S/C33H28O/c1-34-30-24-14-23-29(31(25-15-6-2-7-16-25)26-17-8-3-9-18-26)33(30)32(27-19-10-4-11-20-27)28-21-12-5-13-22-28/h2-24,31-32H,1H3. The van der Waals surface area contributed by atoms with Crippen molar-refractivity contribution < 1.29 is 4.74 Å². The van der Waals surface area contributed by atoms with Crippen LogP contribution in [0.3, 0.4) is 0 Å². The van der Waals surface area contributed by atoms with Gasteiger partial charge in [0, 0.05) is 17.4 Å². The molecule has 34 heavy (non-hydrogen) atoms. The van der Waals surface area contributed by atoms with Crippen LogP contribution >= 0.6 is 0 Å². The van der Waals surface area contributed by atoms with E-state index in [2.05, 4.69) is 140 Å². The van der Waals surface area contributed by atoms with Gasteiger partial charge in [-0.3, -0.25) is 0 Å². The van der Waals surface area contributed by atoms with Crippen molar-refractivity contribution in [2.75, 3.05) is 7.11 Å². The van der Waals surface area contributed by atoms with Crippen LogP contribution < -0.4 is 4.74 Å². The summed E-state index contributed by atoms with van der Waals surface area (Å²) in [4.78, 5) is 0. The molecule has 0 aromatic heterocycles. The number of hydrogen-bond acceptors (Lipinski definition) is 1. The zero-order valence-electron chi connectivity index (χ0n) is 19.3. The van der Waals surface area contributed by atoms with Crippen molar-refractivity contribution in [2.24, 2.45) is 0 Å². The lowest BCUT2D eigenvalue weighted by molar-refractivity contribution is 0.408. The largest absolute Gasteiger partial charge is 0.496 e. The molecule has 0 unspecified atom stereocenters. The average Bonchev–Trinajstić information content (AvgIpc) is 2.92. The minimum atomic E-state index is 0.0449. The van der Waals surface area contributed by atoms with E-state index in [4.69, 9.17) is 4.74 Å².